The summed E-state index contributed by atoms with van der Waals surface area (Å²) in [7, 11) is 2.10. The summed E-state index contributed by atoms with van der Waals surface area (Å²) in [5, 5.41) is 0. The van der Waals surface area contributed by atoms with Gasteiger partial charge in [0.05, 0.1) is 19.8 Å². The van der Waals surface area contributed by atoms with Gasteiger partial charge in [-0.15, -0.1) is 0 Å². The molecule has 0 amide bonds. The largest absolute Gasteiger partial charge is 0.362 e. The van der Waals surface area contributed by atoms with Crippen molar-refractivity contribution >= 4 is 0 Å². The van der Waals surface area contributed by atoms with Crippen LogP contribution in [0, 0.1) is 0 Å². The molecule has 0 unspecified atom stereocenters. The summed E-state index contributed by atoms with van der Waals surface area (Å²) in [5.41, 5.74) is 0. The number of hydrogen-bond acceptors (Lipinski definition) is 2. The van der Waals surface area contributed by atoms with Crippen LogP contribution < -0.4 is 4.57 Å². The van der Waals surface area contributed by atoms with E-state index in [1.165, 1.54) is 32.2 Å². The molecule has 0 saturated heterocycles. The van der Waals surface area contributed by atoms with Gasteiger partial charge in [-0.05, 0) is 19.8 Å². The minimum absolute atomic E-state index is 1.07. The topological polar surface area (TPSA) is 15.3 Å². The molecule has 0 bridgehead atoms. The first-order chi connectivity index (χ1) is 10.2. The lowest BCUT2D eigenvalue weighted by Gasteiger charge is -2.17. The zero-order valence-electron chi connectivity index (χ0n) is 14.3. The van der Waals surface area contributed by atoms with E-state index in [0.717, 1.165) is 19.8 Å². The number of hydrogen-bond donors (Lipinski definition) is 0. The highest BCUT2D eigenvalue weighted by Crippen LogP contribution is 2.04. The number of aryl methyl sites for hydroxylation is 2. The van der Waals surface area contributed by atoms with E-state index in [2.05, 4.69) is 77.9 Å². The summed E-state index contributed by atoms with van der Waals surface area (Å²) in [6.07, 6.45) is 15.8. The standard InChI is InChI=1S/C9H17N2.C8H16N2/c1-3-5-6-11-8-7-10(4-2)9-11;1-3-4-5-10-7-6-9(2)8-10/h7-9H,3-6H2,1-2H3;6-7H,3-5,8H2,1-2H3/q+1;. The molecule has 1 aromatic rings. The van der Waals surface area contributed by atoms with Gasteiger partial charge in [-0.25, -0.2) is 9.13 Å². The average molecular weight is 293 g/mol. The lowest BCUT2D eigenvalue weighted by Crippen LogP contribution is -2.30. The fraction of sp³-hybridized carbons (Fsp3) is 0.706. The molecule has 0 radical (unpaired) electrons. The molecule has 2 rings (SSSR count). The van der Waals surface area contributed by atoms with Crippen LogP contribution in [0.2, 0.25) is 0 Å². The first-order valence-electron chi connectivity index (χ1n) is 8.37. The van der Waals surface area contributed by atoms with E-state index in [0.29, 0.717) is 0 Å². The van der Waals surface area contributed by atoms with Gasteiger partial charge in [0.2, 0.25) is 6.33 Å². The van der Waals surface area contributed by atoms with E-state index in [1.807, 2.05) is 0 Å². The molecule has 0 N–H and O–H groups in total. The minimum atomic E-state index is 1.07. The maximum absolute atomic E-state index is 2.34. The zero-order valence-corrected chi connectivity index (χ0v) is 14.3. The number of imidazole rings is 1. The van der Waals surface area contributed by atoms with Crippen molar-refractivity contribution in [2.24, 2.45) is 0 Å². The van der Waals surface area contributed by atoms with Crippen LogP contribution in [0.3, 0.4) is 0 Å². The summed E-state index contributed by atoms with van der Waals surface area (Å²) >= 11 is 0. The Kier molecular flexibility index (Phi) is 8.63. The molecule has 4 nitrogen and oxygen atoms in total. The first kappa shape index (κ1) is 17.6. The monoisotopic (exact) mass is 293 g/mol. The van der Waals surface area contributed by atoms with Crippen LogP contribution in [0.4, 0.5) is 0 Å². The Morgan fingerprint density at radius 3 is 2.33 bits per heavy atom. The van der Waals surface area contributed by atoms with Crippen LogP contribution in [-0.2, 0) is 13.1 Å². The van der Waals surface area contributed by atoms with Crippen LogP contribution in [-0.4, -0.2) is 34.6 Å². The number of unbranched alkanes of at least 4 members (excludes halogenated alkanes) is 2. The Morgan fingerprint density at radius 1 is 1.05 bits per heavy atom. The maximum Gasteiger partial charge on any atom is 0.243 e. The summed E-state index contributed by atoms with van der Waals surface area (Å²) in [5.74, 6) is 0. The predicted octanol–water partition coefficient (Wildman–Crippen LogP) is 3.06. The molecule has 0 spiro atoms. The van der Waals surface area contributed by atoms with E-state index >= 15 is 0 Å². The zero-order chi connectivity index (χ0) is 15.5. The summed E-state index contributed by atoms with van der Waals surface area (Å²) in [4.78, 5) is 4.53. The van der Waals surface area contributed by atoms with Crippen LogP contribution in [0.25, 0.3) is 0 Å². The fourth-order valence-electron chi connectivity index (χ4n) is 2.19. The fourth-order valence-corrected chi connectivity index (χ4v) is 2.19. The number of nitrogens with zero attached hydrogens (tertiary/aromatic N) is 4. The summed E-state index contributed by atoms with van der Waals surface area (Å²) < 4.78 is 4.43. The third-order valence-corrected chi connectivity index (χ3v) is 3.62. The van der Waals surface area contributed by atoms with E-state index in [1.54, 1.807) is 0 Å². The van der Waals surface area contributed by atoms with Crippen molar-refractivity contribution in [3.8, 4) is 0 Å². The lowest BCUT2D eigenvalue weighted by atomic mass is 10.3. The van der Waals surface area contributed by atoms with Gasteiger partial charge in [0.15, 0.2) is 0 Å². The predicted molar refractivity (Wildman–Crippen MR) is 88.6 cm³/mol. The highest BCUT2D eigenvalue weighted by molar-refractivity contribution is 4.88. The minimum Gasteiger partial charge on any atom is -0.362 e. The van der Waals surface area contributed by atoms with Gasteiger partial charge in [0.25, 0.3) is 0 Å². The van der Waals surface area contributed by atoms with Gasteiger partial charge in [-0.2, -0.15) is 0 Å². The Hall–Kier alpha value is -1.45. The number of aromatic nitrogens is 2. The van der Waals surface area contributed by atoms with Gasteiger partial charge < -0.3 is 9.80 Å². The Balaban J connectivity index is 0.000000211. The van der Waals surface area contributed by atoms with Crippen molar-refractivity contribution in [2.45, 2.75) is 59.5 Å². The first-order valence-corrected chi connectivity index (χ1v) is 8.37. The van der Waals surface area contributed by atoms with Crippen LogP contribution in [0.5, 0.6) is 0 Å². The van der Waals surface area contributed by atoms with Crippen molar-refractivity contribution < 1.29 is 4.57 Å². The van der Waals surface area contributed by atoms with E-state index in [-0.39, 0.29) is 0 Å². The van der Waals surface area contributed by atoms with Crippen molar-refractivity contribution in [3.63, 3.8) is 0 Å². The van der Waals surface area contributed by atoms with Crippen LogP contribution in [0.15, 0.2) is 31.1 Å². The van der Waals surface area contributed by atoms with E-state index < -0.39 is 0 Å². The summed E-state index contributed by atoms with van der Waals surface area (Å²) in [6.45, 7) is 11.1. The average Bonchev–Trinajstić information content (AvgIpc) is 3.12. The molecule has 0 fully saturated rings. The van der Waals surface area contributed by atoms with Crippen LogP contribution in [0.1, 0.15) is 46.5 Å². The molecular formula is C17H33N4+. The molecule has 0 atom stereocenters. The van der Waals surface area contributed by atoms with Crippen molar-refractivity contribution in [1.29, 1.82) is 0 Å². The highest BCUT2D eigenvalue weighted by Gasteiger charge is 2.05. The second kappa shape index (κ2) is 10.3. The second-order valence-electron chi connectivity index (χ2n) is 5.70. The van der Waals surface area contributed by atoms with Crippen molar-refractivity contribution in [1.82, 2.24) is 14.4 Å². The highest BCUT2D eigenvalue weighted by atomic mass is 15.3. The molecule has 1 aromatic heterocycles. The maximum atomic E-state index is 2.34. The van der Waals surface area contributed by atoms with Gasteiger partial charge in [0.1, 0.15) is 12.4 Å². The van der Waals surface area contributed by atoms with Gasteiger partial charge in [0, 0.05) is 26.0 Å². The Labute approximate surface area is 130 Å². The molecule has 1 aliphatic heterocycles. The van der Waals surface area contributed by atoms with Crippen molar-refractivity contribution in [3.05, 3.63) is 31.1 Å². The van der Waals surface area contributed by atoms with Gasteiger partial charge in [-0.1, -0.05) is 26.7 Å². The molecule has 0 saturated carbocycles. The molecule has 0 aromatic carbocycles. The quantitative estimate of drug-likeness (QED) is 0.718. The molecule has 1 aliphatic rings. The molecule has 2 heterocycles. The second-order valence-corrected chi connectivity index (χ2v) is 5.70. The third kappa shape index (κ3) is 7.21. The molecule has 0 aliphatic carbocycles. The SMILES string of the molecule is CCCCN1C=CN(C)C1.CCCC[n+]1ccn(CC)c1. The molecular weight excluding hydrogens is 260 g/mol. The Bertz CT molecular complexity index is 397. The van der Waals surface area contributed by atoms with E-state index in [4.69, 9.17) is 0 Å². The third-order valence-electron chi connectivity index (χ3n) is 3.62. The summed E-state index contributed by atoms with van der Waals surface area (Å²) in [6, 6.07) is 0. The number of rotatable bonds is 7. The van der Waals surface area contributed by atoms with Crippen molar-refractivity contribution in [2.75, 3.05) is 20.3 Å². The van der Waals surface area contributed by atoms with Gasteiger partial charge in [-0.3, -0.25) is 0 Å². The van der Waals surface area contributed by atoms with Crippen LogP contribution >= 0.6 is 0 Å². The normalized spacial score (nSPS) is 13.5. The molecule has 4 heteroatoms. The smallest absolute Gasteiger partial charge is 0.243 e. The van der Waals surface area contributed by atoms with Gasteiger partial charge >= 0.3 is 0 Å². The lowest BCUT2D eigenvalue weighted by molar-refractivity contribution is -0.696. The molecule has 120 valence electrons. The Morgan fingerprint density at radius 2 is 1.81 bits per heavy atom. The molecule has 21 heavy (non-hydrogen) atoms. The van der Waals surface area contributed by atoms with E-state index in [9.17, 15) is 0 Å².